The molecule has 4 aromatic rings. The van der Waals surface area contributed by atoms with E-state index in [4.69, 9.17) is 16.0 Å². The molecule has 0 saturated heterocycles. The highest BCUT2D eigenvalue weighted by Gasteiger charge is 2.30. The molecule has 1 fully saturated rings. The first kappa shape index (κ1) is 17.5. The van der Waals surface area contributed by atoms with Crippen LogP contribution in [-0.2, 0) is 5.75 Å². The van der Waals surface area contributed by atoms with Crippen LogP contribution in [0.2, 0.25) is 5.02 Å². The fourth-order valence-corrected chi connectivity index (χ4v) is 3.97. The Morgan fingerprint density at radius 3 is 2.57 bits per heavy atom. The highest BCUT2D eigenvalue weighted by molar-refractivity contribution is 7.98. The van der Waals surface area contributed by atoms with Crippen molar-refractivity contribution in [3.63, 3.8) is 0 Å². The minimum absolute atomic E-state index is 0.467. The van der Waals surface area contributed by atoms with E-state index in [0.29, 0.717) is 22.7 Å². The number of pyridine rings is 1. The van der Waals surface area contributed by atoms with Gasteiger partial charge in [0.2, 0.25) is 5.89 Å². The van der Waals surface area contributed by atoms with E-state index in [1.165, 1.54) is 0 Å². The van der Waals surface area contributed by atoms with E-state index in [0.717, 1.165) is 40.7 Å². The van der Waals surface area contributed by atoms with E-state index < -0.39 is 0 Å². The molecule has 1 aliphatic carbocycles. The van der Waals surface area contributed by atoms with Crippen molar-refractivity contribution in [1.29, 1.82) is 0 Å². The van der Waals surface area contributed by atoms with E-state index in [1.807, 2.05) is 36.4 Å². The molecule has 140 valence electrons. The van der Waals surface area contributed by atoms with E-state index >= 15 is 0 Å². The number of nitrogens with zero attached hydrogens (tertiary/aromatic N) is 5. The van der Waals surface area contributed by atoms with Gasteiger partial charge in [-0.3, -0.25) is 9.55 Å². The van der Waals surface area contributed by atoms with Gasteiger partial charge in [-0.15, -0.1) is 10.2 Å². The highest BCUT2D eigenvalue weighted by atomic mass is 35.5. The van der Waals surface area contributed by atoms with Crippen molar-refractivity contribution in [3.8, 4) is 22.7 Å². The Hall–Kier alpha value is -2.64. The Morgan fingerprint density at radius 1 is 1.04 bits per heavy atom. The van der Waals surface area contributed by atoms with Gasteiger partial charge in [-0.1, -0.05) is 23.4 Å². The van der Waals surface area contributed by atoms with Crippen LogP contribution >= 0.6 is 23.4 Å². The molecule has 0 atom stereocenters. The summed E-state index contributed by atoms with van der Waals surface area (Å²) in [5.41, 5.74) is 1.98. The minimum Gasteiger partial charge on any atom is -0.440 e. The lowest BCUT2D eigenvalue weighted by Crippen LogP contribution is -1.99. The maximum absolute atomic E-state index is 5.95. The Bertz CT molecular complexity index is 1090. The van der Waals surface area contributed by atoms with E-state index in [9.17, 15) is 0 Å². The first-order chi connectivity index (χ1) is 13.8. The number of hydrogen-bond acceptors (Lipinski definition) is 6. The molecule has 3 aromatic heterocycles. The summed E-state index contributed by atoms with van der Waals surface area (Å²) in [5, 5.41) is 10.4. The number of rotatable bonds is 6. The monoisotopic (exact) mass is 409 g/mol. The Balaban J connectivity index is 1.35. The summed E-state index contributed by atoms with van der Waals surface area (Å²) in [6, 6.07) is 11.9. The summed E-state index contributed by atoms with van der Waals surface area (Å²) >= 11 is 7.54. The lowest BCUT2D eigenvalue weighted by atomic mass is 10.2. The van der Waals surface area contributed by atoms with Crippen LogP contribution in [-0.4, -0.2) is 24.7 Å². The number of benzene rings is 1. The van der Waals surface area contributed by atoms with Crippen molar-refractivity contribution in [2.75, 3.05) is 0 Å². The van der Waals surface area contributed by atoms with Gasteiger partial charge >= 0.3 is 0 Å². The molecular formula is C20H16ClN5OS. The van der Waals surface area contributed by atoms with Crippen LogP contribution in [0.4, 0.5) is 0 Å². The molecule has 1 saturated carbocycles. The summed E-state index contributed by atoms with van der Waals surface area (Å²) < 4.78 is 8.12. The highest BCUT2D eigenvalue weighted by Crippen LogP contribution is 2.41. The maximum atomic E-state index is 5.95. The molecule has 0 aliphatic heterocycles. The van der Waals surface area contributed by atoms with Gasteiger partial charge in [0.05, 0.1) is 11.9 Å². The third-order valence-electron chi connectivity index (χ3n) is 4.52. The molecule has 0 N–H and O–H groups in total. The number of aromatic nitrogens is 5. The van der Waals surface area contributed by atoms with E-state index in [-0.39, 0.29) is 0 Å². The second-order valence-electron chi connectivity index (χ2n) is 6.56. The zero-order valence-corrected chi connectivity index (χ0v) is 16.4. The molecule has 1 aliphatic rings. The molecule has 8 heteroatoms. The number of hydrogen-bond donors (Lipinski definition) is 0. The summed E-state index contributed by atoms with van der Waals surface area (Å²) in [6.45, 7) is 0. The third-order valence-corrected chi connectivity index (χ3v) is 5.70. The molecule has 0 radical (unpaired) electrons. The van der Waals surface area contributed by atoms with Gasteiger partial charge in [0.25, 0.3) is 0 Å². The molecule has 0 bridgehead atoms. The molecule has 1 aromatic carbocycles. The summed E-state index contributed by atoms with van der Waals surface area (Å²) in [5.74, 6) is 2.87. The van der Waals surface area contributed by atoms with Gasteiger partial charge in [-0.2, -0.15) is 0 Å². The summed E-state index contributed by atoms with van der Waals surface area (Å²) in [7, 11) is 0. The molecule has 0 unspecified atom stereocenters. The summed E-state index contributed by atoms with van der Waals surface area (Å²) in [4.78, 5) is 8.48. The Labute approximate surface area is 171 Å². The Morgan fingerprint density at radius 2 is 1.82 bits per heavy atom. The average Bonchev–Trinajstić information content (AvgIpc) is 3.30. The van der Waals surface area contributed by atoms with Crippen molar-refractivity contribution in [1.82, 2.24) is 24.7 Å². The third kappa shape index (κ3) is 3.55. The molecule has 28 heavy (non-hydrogen) atoms. The summed E-state index contributed by atoms with van der Waals surface area (Å²) in [6.07, 6.45) is 7.61. The molecule has 6 nitrogen and oxygen atoms in total. The second-order valence-corrected chi connectivity index (χ2v) is 7.94. The SMILES string of the molecule is Clc1ccc(-c2cnc(CSc3nnc(-c4ccncc4)n3C3CC3)o2)cc1. The number of oxazole rings is 1. The van der Waals surface area contributed by atoms with Gasteiger partial charge in [0, 0.05) is 34.6 Å². The van der Waals surface area contributed by atoms with Crippen LogP contribution in [0.15, 0.2) is 64.6 Å². The van der Waals surface area contributed by atoms with E-state index in [1.54, 1.807) is 30.4 Å². The van der Waals surface area contributed by atoms with Crippen molar-refractivity contribution < 1.29 is 4.42 Å². The van der Waals surface area contributed by atoms with Crippen molar-refractivity contribution in [3.05, 3.63) is 65.9 Å². The zero-order valence-electron chi connectivity index (χ0n) is 14.8. The quantitative estimate of drug-likeness (QED) is 0.404. The maximum Gasteiger partial charge on any atom is 0.205 e. The predicted molar refractivity (Wildman–Crippen MR) is 108 cm³/mol. The Kier molecular flexibility index (Phi) is 4.62. The average molecular weight is 410 g/mol. The molecule has 0 spiro atoms. The normalized spacial score (nSPS) is 13.8. The van der Waals surface area contributed by atoms with Gasteiger partial charge in [-0.25, -0.2) is 4.98 Å². The van der Waals surface area contributed by atoms with Crippen LogP contribution in [0.3, 0.4) is 0 Å². The van der Waals surface area contributed by atoms with Crippen LogP contribution in [0.1, 0.15) is 24.8 Å². The van der Waals surface area contributed by atoms with Crippen LogP contribution in [0.25, 0.3) is 22.7 Å². The molecular weight excluding hydrogens is 394 g/mol. The first-order valence-corrected chi connectivity index (χ1v) is 10.3. The lowest BCUT2D eigenvalue weighted by Gasteiger charge is -2.07. The van der Waals surface area contributed by atoms with Crippen molar-refractivity contribution >= 4 is 23.4 Å². The lowest BCUT2D eigenvalue weighted by molar-refractivity contribution is 0.529. The van der Waals surface area contributed by atoms with Gasteiger partial charge in [0.1, 0.15) is 0 Å². The number of thioether (sulfide) groups is 1. The molecule has 5 rings (SSSR count). The van der Waals surface area contributed by atoms with Crippen LogP contribution in [0.5, 0.6) is 0 Å². The van der Waals surface area contributed by atoms with Gasteiger partial charge in [-0.05, 0) is 49.2 Å². The van der Waals surface area contributed by atoms with Gasteiger partial charge < -0.3 is 4.42 Å². The van der Waals surface area contributed by atoms with Gasteiger partial charge in [0.15, 0.2) is 16.7 Å². The largest absolute Gasteiger partial charge is 0.440 e. The number of halogens is 1. The van der Waals surface area contributed by atoms with E-state index in [2.05, 4.69) is 24.7 Å². The zero-order chi connectivity index (χ0) is 18.9. The van der Waals surface area contributed by atoms with Crippen LogP contribution in [0, 0.1) is 0 Å². The molecule has 3 heterocycles. The fraction of sp³-hybridized carbons (Fsp3) is 0.200. The van der Waals surface area contributed by atoms with Crippen molar-refractivity contribution in [2.45, 2.75) is 29.8 Å². The fourth-order valence-electron chi connectivity index (χ4n) is 2.99. The van der Waals surface area contributed by atoms with Crippen LogP contribution < -0.4 is 0 Å². The molecule has 0 amide bonds. The first-order valence-electron chi connectivity index (χ1n) is 8.96. The topological polar surface area (TPSA) is 69.6 Å². The minimum atomic E-state index is 0.467. The second kappa shape index (κ2) is 7.41. The van der Waals surface area contributed by atoms with Crippen molar-refractivity contribution in [2.24, 2.45) is 0 Å². The predicted octanol–water partition coefficient (Wildman–Crippen LogP) is 5.28. The smallest absolute Gasteiger partial charge is 0.205 e. The standard InChI is InChI=1S/C20H16ClN5OS/c21-15-3-1-13(2-4-15)17-11-23-18(27-17)12-28-20-25-24-19(26(20)16-5-6-16)14-7-9-22-10-8-14/h1-4,7-11,16H,5-6,12H2.